The molecule has 0 saturated carbocycles. The molecule has 2 aliphatic rings. The summed E-state index contributed by atoms with van der Waals surface area (Å²) >= 11 is 5.99. The van der Waals surface area contributed by atoms with Crippen LogP contribution in [0.1, 0.15) is 17.0 Å². The highest BCUT2D eigenvalue weighted by molar-refractivity contribution is 6.30. The number of nitrogens with zero attached hydrogens (tertiary/aromatic N) is 5. The number of halogens is 1. The van der Waals surface area contributed by atoms with Crippen LogP contribution in [0.25, 0.3) is 5.69 Å². The minimum atomic E-state index is -0.620. The number of hydrogen-bond acceptors (Lipinski definition) is 6. The predicted octanol–water partition coefficient (Wildman–Crippen LogP) is 1.85. The van der Waals surface area contributed by atoms with Crippen molar-refractivity contribution in [3.05, 3.63) is 52.3 Å². The van der Waals surface area contributed by atoms with E-state index in [0.29, 0.717) is 11.0 Å². The summed E-state index contributed by atoms with van der Waals surface area (Å²) in [5.74, 6) is 0.0233. The van der Waals surface area contributed by atoms with Gasteiger partial charge in [-0.2, -0.15) is 5.10 Å². The second kappa shape index (κ2) is 7.49. The van der Waals surface area contributed by atoms with Crippen molar-refractivity contribution < 1.29 is 9.59 Å². The van der Waals surface area contributed by atoms with Gasteiger partial charge in [0, 0.05) is 41.8 Å². The molecule has 0 unspecified atom stereocenters. The van der Waals surface area contributed by atoms with Crippen LogP contribution in [-0.2, 0) is 4.79 Å². The topological polar surface area (TPSA) is 94.3 Å². The fourth-order valence-corrected chi connectivity index (χ4v) is 3.87. The molecule has 0 bridgehead atoms. The summed E-state index contributed by atoms with van der Waals surface area (Å²) in [7, 11) is 3.07. The van der Waals surface area contributed by atoms with E-state index in [1.165, 1.54) is 11.9 Å². The molecule has 30 heavy (non-hydrogen) atoms. The summed E-state index contributed by atoms with van der Waals surface area (Å²) in [4.78, 5) is 31.3. The van der Waals surface area contributed by atoms with Gasteiger partial charge in [0.05, 0.1) is 6.21 Å². The molecule has 2 N–H and O–H groups in total. The minimum absolute atomic E-state index is 0.320. The van der Waals surface area contributed by atoms with Gasteiger partial charge >= 0.3 is 6.03 Å². The molecule has 2 atom stereocenters. The van der Waals surface area contributed by atoms with Crippen LogP contribution in [0.5, 0.6) is 0 Å². The van der Waals surface area contributed by atoms with Gasteiger partial charge < -0.3 is 14.8 Å². The molecular formula is C20H22ClN7O2. The second-order valence-electron chi connectivity index (χ2n) is 7.31. The second-order valence-corrected chi connectivity index (χ2v) is 7.75. The minimum Gasteiger partial charge on any atom is -0.340 e. The number of carbonyl (C=O) groups is 2. The van der Waals surface area contributed by atoms with Crippen molar-refractivity contribution in [3.8, 4) is 5.69 Å². The number of aromatic nitrogens is 1. The van der Waals surface area contributed by atoms with E-state index in [9.17, 15) is 9.59 Å². The summed E-state index contributed by atoms with van der Waals surface area (Å²) in [6.45, 7) is 4.03. The predicted molar refractivity (Wildman–Crippen MR) is 115 cm³/mol. The number of hydrogen-bond donors (Lipinski definition) is 2. The first-order valence-electron chi connectivity index (χ1n) is 9.40. The highest BCUT2D eigenvalue weighted by Crippen LogP contribution is 2.22. The maximum atomic E-state index is 12.3. The third kappa shape index (κ3) is 3.30. The molecule has 156 valence electrons. The number of hydrazone groups is 1. The SMILES string of the molecule is Cc1cc(/C=N\NC2=N[C@H]3[C@H](N2)C(=O)N(C)C(=O)N3C)c(C)n1-c1ccc(Cl)cc1. The third-order valence-electron chi connectivity index (χ3n) is 5.36. The summed E-state index contributed by atoms with van der Waals surface area (Å²) in [6.07, 6.45) is 1.11. The number of likely N-dealkylation sites (N-methyl/N-ethyl adjacent to an activating group) is 2. The van der Waals surface area contributed by atoms with Crippen LogP contribution < -0.4 is 10.7 Å². The normalized spacial score (nSPS) is 21.2. The molecule has 3 heterocycles. The number of carbonyl (C=O) groups excluding carboxylic acids is 2. The van der Waals surface area contributed by atoms with Gasteiger partial charge in [-0.3, -0.25) is 9.69 Å². The van der Waals surface area contributed by atoms with Crippen LogP contribution in [-0.4, -0.2) is 64.8 Å². The Hall–Kier alpha value is -3.33. The molecule has 2 aliphatic heterocycles. The van der Waals surface area contributed by atoms with Crippen molar-refractivity contribution in [2.45, 2.75) is 26.1 Å². The lowest BCUT2D eigenvalue weighted by atomic mass is 10.1. The fourth-order valence-electron chi connectivity index (χ4n) is 3.75. The van der Waals surface area contributed by atoms with Gasteiger partial charge in [0.25, 0.3) is 5.91 Å². The van der Waals surface area contributed by atoms with Crippen LogP contribution in [0.4, 0.5) is 4.79 Å². The molecule has 4 rings (SSSR count). The van der Waals surface area contributed by atoms with E-state index >= 15 is 0 Å². The number of benzene rings is 1. The highest BCUT2D eigenvalue weighted by atomic mass is 35.5. The smallest absolute Gasteiger partial charge is 0.328 e. The van der Waals surface area contributed by atoms with E-state index in [0.717, 1.165) is 27.5 Å². The first-order valence-corrected chi connectivity index (χ1v) is 9.78. The largest absolute Gasteiger partial charge is 0.340 e. The van der Waals surface area contributed by atoms with Crippen molar-refractivity contribution >= 4 is 35.7 Å². The average molecular weight is 428 g/mol. The number of aliphatic imine (C=N–C) groups is 1. The van der Waals surface area contributed by atoms with Gasteiger partial charge in [-0.25, -0.2) is 15.2 Å². The van der Waals surface area contributed by atoms with E-state index in [4.69, 9.17) is 11.6 Å². The lowest BCUT2D eigenvalue weighted by molar-refractivity contribution is -0.133. The number of rotatable bonds is 3. The molecule has 1 aromatic heterocycles. The first kappa shape index (κ1) is 20.0. The molecule has 1 fully saturated rings. The molecule has 0 radical (unpaired) electrons. The Bertz CT molecular complexity index is 1070. The lowest BCUT2D eigenvalue weighted by Gasteiger charge is -2.36. The van der Waals surface area contributed by atoms with Crippen LogP contribution in [0, 0.1) is 13.8 Å². The molecule has 2 aromatic rings. The number of fused-ring (bicyclic) bond motifs is 1. The third-order valence-corrected chi connectivity index (χ3v) is 5.62. The van der Waals surface area contributed by atoms with Crippen LogP contribution in [0.2, 0.25) is 5.02 Å². The van der Waals surface area contributed by atoms with Gasteiger partial charge in [-0.1, -0.05) is 11.6 Å². The standard InChI is InChI=1S/C20H22ClN7O2/c1-11-9-13(12(2)28(11)15-7-5-14(21)6-8-15)10-22-25-19-23-16-17(24-19)26(3)20(30)27(4)18(16)29/h5-10,16-17H,1-4H3,(H2,23,24,25)/b22-10-/t16-,17+/m0/s1. The first-order chi connectivity index (χ1) is 14.3. The number of urea groups is 1. The van der Waals surface area contributed by atoms with E-state index in [1.54, 1.807) is 13.3 Å². The van der Waals surface area contributed by atoms with Crippen molar-refractivity contribution in [1.29, 1.82) is 0 Å². The Balaban J connectivity index is 1.50. The average Bonchev–Trinajstić information content (AvgIpc) is 3.27. The Morgan fingerprint density at radius 3 is 2.60 bits per heavy atom. The highest BCUT2D eigenvalue weighted by Gasteiger charge is 2.46. The summed E-state index contributed by atoms with van der Waals surface area (Å²) in [5, 5.41) is 7.95. The number of nitrogens with one attached hydrogen (secondary N) is 2. The number of amides is 3. The molecule has 3 amide bonds. The van der Waals surface area contributed by atoms with Crippen molar-refractivity contribution in [1.82, 2.24) is 25.1 Å². The Kier molecular flexibility index (Phi) is 4.98. The van der Waals surface area contributed by atoms with Gasteiger partial charge in [-0.05, 0) is 44.2 Å². The monoisotopic (exact) mass is 427 g/mol. The van der Waals surface area contributed by atoms with Gasteiger partial charge in [0.1, 0.15) is 6.04 Å². The molecular weight excluding hydrogens is 406 g/mol. The zero-order chi connectivity index (χ0) is 21.6. The summed E-state index contributed by atoms with van der Waals surface area (Å²) in [6, 6.07) is 8.67. The van der Waals surface area contributed by atoms with Crippen molar-refractivity contribution in [2.24, 2.45) is 10.1 Å². The van der Waals surface area contributed by atoms with Crippen molar-refractivity contribution in [2.75, 3.05) is 14.1 Å². The number of imide groups is 1. The van der Waals surface area contributed by atoms with Gasteiger partial charge in [-0.15, -0.1) is 0 Å². The van der Waals surface area contributed by atoms with Crippen LogP contribution >= 0.6 is 11.6 Å². The van der Waals surface area contributed by atoms with E-state index in [1.807, 2.05) is 44.2 Å². The zero-order valence-corrected chi connectivity index (χ0v) is 17.8. The lowest BCUT2D eigenvalue weighted by Crippen LogP contribution is -2.63. The summed E-state index contributed by atoms with van der Waals surface area (Å²) < 4.78 is 2.12. The maximum Gasteiger partial charge on any atom is 0.328 e. The van der Waals surface area contributed by atoms with Gasteiger partial charge in [0.2, 0.25) is 5.96 Å². The van der Waals surface area contributed by atoms with Gasteiger partial charge in [0.15, 0.2) is 6.17 Å². The molecule has 10 heteroatoms. The fraction of sp³-hybridized carbons (Fsp3) is 0.300. The number of guanidine groups is 1. The molecule has 1 saturated heterocycles. The molecule has 0 spiro atoms. The Labute approximate surface area is 179 Å². The van der Waals surface area contributed by atoms with Crippen LogP contribution in [0.3, 0.4) is 0 Å². The quantitative estimate of drug-likeness (QED) is 0.577. The molecule has 1 aromatic carbocycles. The maximum absolute atomic E-state index is 12.3. The summed E-state index contributed by atoms with van der Waals surface area (Å²) in [5.41, 5.74) is 6.88. The Morgan fingerprint density at radius 2 is 1.90 bits per heavy atom. The van der Waals surface area contributed by atoms with Crippen molar-refractivity contribution in [3.63, 3.8) is 0 Å². The van der Waals surface area contributed by atoms with E-state index in [2.05, 4.69) is 25.4 Å². The molecule has 9 nitrogen and oxygen atoms in total. The Morgan fingerprint density at radius 1 is 1.20 bits per heavy atom. The number of aryl methyl sites for hydroxylation is 1. The molecule has 0 aliphatic carbocycles. The zero-order valence-electron chi connectivity index (χ0n) is 17.0. The van der Waals surface area contributed by atoms with E-state index in [-0.39, 0.29) is 11.9 Å². The van der Waals surface area contributed by atoms with E-state index < -0.39 is 12.2 Å². The van der Waals surface area contributed by atoms with Crippen LogP contribution in [0.15, 0.2) is 40.4 Å².